The molecule has 2 heterocycles. The zero-order valence-corrected chi connectivity index (χ0v) is 20.5. The summed E-state index contributed by atoms with van der Waals surface area (Å²) in [6.07, 6.45) is 1.56. The summed E-state index contributed by atoms with van der Waals surface area (Å²) in [6, 6.07) is 13.3. The number of alkyl halides is 2. The Morgan fingerprint density at radius 2 is 1.89 bits per heavy atom. The molecule has 1 aliphatic heterocycles. The number of ether oxygens (including phenoxy) is 1. The van der Waals surface area contributed by atoms with Crippen LogP contribution in [0.1, 0.15) is 28.4 Å². The lowest BCUT2D eigenvalue weighted by Crippen LogP contribution is -2.33. The van der Waals surface area contributed by atoms with Crippen molar-refractivity contribution in [3.05, 3.63) is 77.4 Å². The van der Waals surface area contributed by atoms with Crippen LogP contribution in [0, 0.1) is 5.82 Å². The van der Waals surface area contributed by atoms with Gasteiger partial charge in [-0.3, -0.25) is 4.79 Å². The van der Waals surface area contributed by atoms with E-state index >= 15 is 4.39 Å². The zero-order chi connectivity index (χ0) is 26.3. The van der Waals surface area contributed by atoms with Gasteiger partial charge in [-0.1, -0.05) is 19.1 Å². The standard InChI is InChI=1S/C26H22F3N3O4S/c1-2-18-19(5-8-23(24(18)27)37(34,35)26(28)29)25(33)32-9-10-36-22-7-4-15(11-17(22)13-32)16-3-6-20-21(12-16)31-14-30-20/h3-8,11-12,14,26H,2,9-10,13H2,1H3,(H,30,31). The fourth-order valence-corrected chi connectivity index (χ4v) is 5.32. The number of fused-ring (bicyclic) bond motifs is 2. The lowest BCUT2D eigenvalue weighted by molar-refractivity contribution is 0.0731. The maximum Gasteiger partial charge on any atom is 0.341 e. The molecule has 1 amide bonds. The molecule has 0 aliphatic carbocycles. The van der Waals surface area contributed by atoms with Gasteiger partial charge >= 0.3 is 5.76 Å². The highest BCUT2D eigenvalue weighted by atomic mass is 32.2. The Kier molecular flexibility index (Phi) is 6.40. The SMILES string of the molecule is CCc1c(C(=O)N2CCOc3ccc(-c4ccc5nc[nH]c5c4)cc3C2)ccc(S(=O)(=O)C(F)F)c1F. The summed E-state index contributed by atoms with van der Waals surface area (Å²) in [5.74, 6) is -5.02. The number of imidazole rings is 1. The number of aromatic nitrogens is 2. The van der Waals surface area contributed by atoms with Gasteiger partial charge in [0, 0.05) is 23.2 Å². The van der Waals surface area contributed by atoms with E-state index in [0.717, 1.165) is 39.9 Å². The van der Waals surface area contributed by atoms with Gasteiger partial charge in [-0.05, 0) is 53.9 Å². The highest BCUT2D eigenvalue weighted by molar-refractivity contribution is 7.91. The number of hydrogen-bond donors (Lipinski definition) is 1. The van der Waals surface area contributed by atoms with Gasteiger partial charge in [0.1, 0.15) is 23.1 Å². The molecule has 1 N–H and O–H groups in total. The number of hydrogen-bond acceptors (Lipinski definition) is 5. The normalized spacial score (nSPS) is 13.9. The van der Waals surface area contributed by atoms with E-state index in [-0.39, 0.29) is 37.2 Å². The Morgan fingerprint density at radius 1 is 1.14 bits per heavy atom. The van der Waals surface area contributed by atoms with E-state index in [2.05, 4.69) is 9.97 Å². The number of carbonyl (C=O) groups is 1. The Hall–Kier alpha value is -3.86. The number of benzene rings is 3. The fourth-order valence-electron chi connectivity index (χ4n) is 4.49. The maximum absolute atomic E-state index is 15.0. The van der Waals surface area contributed by atoms with Crippen LogP contribution in [0.4, 0.5) is 13.2 Å². The average molecular weight is 530 g/mol. The molecule has 0 bridgehead atoms. The van der Waals surface area contributed by atoms with Gasteiger partial charge in [0.05, 0.1) is 23.9 Å². The van der Waals surface area contributed by atoms with Gasteiger partial charge in [-0.2, -0.15) is 8.78 Å². The van der Waals surface area contributed by atoms with E-state index in [0.29, 0.717) is 5.75 Å². The number of rotatable bonds is 5. The Balaban J connectivity index is 1.48. The van der Waals surface area contributed by atoms with E-state index in [1.54, 1.807) is 6.33 Å². The topological polar surface area (TPSA) is 92.4 Å². The van der Waals surface area contributed by atoms with E-state index in [1.165, 1.54) is 11.8 Å². The summed E-state index contributed by atoms with van der Waals surface area (Å²) in [7, 11) is -5.15. The van der Waals surface area contributed by atoms with Gasteiger partial charge in [0.15, 0.2) is 0 Å². The summed E-state index contributed by atoms with van der Waals surface area (Å²) in [5.41, 5.74) is 4.00. The third kappa shape index (κ3) is 4.43. The minimum atomic E-state index is -5.15. The van der Waals surface area contributed by atoms with Crippen molar-refractivity contribution in [2.45, 2.75) is 30.5 Å². The number of sulfone groups is 1. The summed E-state index contributed by atoms with van der Waals surface area (Å²) in [4.78, 5) is 21.1. The number of nitrogens with zero attached hydrogens (tertiary/aromatic N) is 2. The monoisotopic (exact) mass is 529 g/mol. The molecule has 3 aromatic carbocycles. The van der Waals surface area contributed by atoms with Crippen LogP contribution in [-0.4, -0.2) is 48.1 Å². The maximum atomic E-state index is 15.0. The first-order valence-corrected chi connectivity index (χ1v) is 13.1. The lowest BCUT2D eigenvalue weighted by Gasteiger charge is -2.22. The smallest absolute Gasteiger partial charge is 0.341 e. The van der Waals surface area contributed by atoms with Gasteiger partial charge in [-0.25, -0.2) is 17.8 Å². The van der Waals surface area contributed by atoms with Crippen LogP contribution >= 0.6 is 0 Å². The van der Waals surface area contributed by atoms with Gasteiger partial charge in [0.25, 0.3) is 5.91 Å². The molecule has 0 unspecified atom stereocenters. The molecule has 0 spiro atoms. The van der Waals surface area contributed by atoms with Crippen LogP contribution < -0.4 is 4.74 Å². The van der Waals surface area contributed by atoms with Crippen molar-refractivity contribution in [2.75, 3.05) is 13.2 Å². The highest BCUT2D eigenvalue weighted by Gasteiger charge is 2.33. The second-order valence-electron chi connectivity index (χ2n) is 8.60. The largest absolute Gasteiger partial charge is 0.491 e. The number of H-pyrrole nitrogens is 1. The third-order valence-corrected chi connectivity index (χ3v) is 7.81. The molecule has 4 aromatic rings. The first-order chi connectivity index (χ1) is 17.7. The molecule has 11 heteroatoms. The average Bonchev–Trinajstić information content (AvgIpc) is 3.25. The van der Waals surface area contributed by atoms with Gasteiger partial charge in [-0.15, -0.1) is 0 Å². The summed E-state index contributed by atoms with van der Waals surface area (Å²) in [6.45, 7) is 2.08. The van der Waals surface area contributed by atoms with E-state index in [9.17, 15) is 22.0 Å². The molecule has 0 saturated carbocycles. The van der Waals surface area contributed by atoms with Crippen molar-refractivity contribution in [1.29, 1.82) is 0 Å². The molecule has 37 heavy (non-hydrogen) atoms. The molecule has 7 nitrogen and oxygen atoms in total. The minimum Gasteiger partial charge on any atom is -0.491 e. The molecule has 192 valence electrons. The first-order valence-electron chi connectivity index (χ1n) is 11.5. The minimum absolute atomic E-state index is 0.0549. The lowest BCUT2D eigenvalue weighted by atomic mass is 10.0. The first kappa shape index (κ1) is 24.8. The summed E-state index contributed by atoms with van der Waals surface area (Å²) >= 11 is 0. The van der Waals surface area contributed by atoms with Crippen LogP contribution in [0.5, 0.6) is 5.75 Å². The molecular formula is C26H22F3N3O4S. The number of aromatic amines is 1. The van der Waals surface area contributed by atoms with Crippen LogP contribution in [-0.2, 0) is 22.8 Å². The molecular weight excluding hydrogens is 507 g/mol. The summed E-state index contributed by atoms with van der Waals surface area (Å²) in [5, 5.41) is 0. The second kappa shape index (κ2) is 9.55. The quantitative estimate of drug-likeness (QED) is 0.395. The number of nitrogens with one attached hydrogen (secondary N) is 1. The van der Waals surface area contributed by atoms with Crippen molar-refractivity contribution in [3.63, 3.8) is 0 Å². The van der Waals surface area contributed by atoms with Crippen molar-refractivity contribution >= 4 is 26.8 Å². The van der Waals surface area contributed by atoms with Crippen LogP contribution in [0.3, 0.4) is 0 Å². The second-order valence-corrected chi connectivity index (χ2v) is 10.5. The molecule has 1 aromatic heterocycles. The van der Waals surface area contributed by atoms with Crippen molar-refractivity contribution in [3.8, 4) is 16.9 Å². The molecule has 1 aliphatic rings. The van der Waals surface area contributed by atoms with Crippen LogP contribution in [0.25, 0.3) is 22.2 Å². The number of halogens is 3. The van der Waals surface area contributed by atoms with E-state index in [1.807, 2.05) is 36.4 Å². The van der Waals surface area contributed by atoms with Crippen molar-refractivity contribution < 1.29 is 31.1 Å². The fraction of sp³-hybridized carbons (Fsp3) is 0.231. The molecule has 0 atom stereocenters. The molecule has 0 saturated heterocycles. The zero-order valence-electron chi connectivity index (χ0n) is 19.7. The van der Waals surface area contributed by atoms with Crippen molar-refractivity contribution in [2.24, 2.45) is 0 Å². The summed E-state index contributed by atoms with van der Waals surface area (Å²) < 4.78 is 70.7. The Bertz CT molecular complexity index is 1620. The predicted molar refractivity (Wildman–Crippen MR) is 131 cm³/mol. The van der Waals surface area contributed by atoms with Gasteiger partial charge < -0.3 is 14.6 Å². The van der Waals surface area contributed by atoms with E-state index < -0.39 is 32.2 Å². The van der Waals surface area contributed by atoms with E-state index in [4.69, 9.17) is 4.74 Å². The van der Waals surface area contributed by atoms with Crippen LogP contribution in [0.15, 0.2) is 59.8 Å². The third-order valence-electron chi connectivity index (χ3n) is 6.41. The Morgan fingerprint density at radius 3 is 2.65 bits per heavy atom. The highest BCUT2D eigenvalue weighted by Crippen LogP contribution is 2.32. The molecule has 5 rings (SSSR count). The van der Waals surface area contributed by atoms with Gasteiger partial charge in [0.2, 0.25) is 9.84 Å². The number of amides is 1. The molecule has 0 radical (unpaired) electrons. The van der Waals surface area contributed by atoms with Crippen molar-refractivity contribution in [1.82, 2.24) is 14.9 Å². The molecule has 0 fully saturated rings. The van der Waals surface area contributed by atoms with Crippen LogP contribution in [0.2, 0.25) is 0 Å². The predicted octanol–water partition coefficient (Wildman–Crippen LogP) is 4.96. The Labute approximate surface area is 210 Å². The number of carbonyl (C=O) groups excluding carboxylic acids is 1.